The van der Waals surface area contributed by atoms with Crippen LogP contribution in [0.1, 0.15) is 17.7 Å². The molecule has 82 valence electrons. The molecule has 0 saturated carbocycles. The van der Waals surface area contributed by atoms with Crippen LogP contribution in [0.4, 0.5) is 18.9 Å². The molecule has 0 unspecified atom stereocenters. The molecule has 1 rings (SSSR count). The highest BCUT2D eigenvalue weighted by atomic mass is 19.3. The van der Waals surface area contributed by atoms with Crippen LogP contribution < -0.4 is 5.73 Å². The number of alkyl halides is 2. The van der Waals surface area contributed by atoms with Gasteiger partial charge < -0.3 is 10.8 Å². The Morgan fingerprint density at radius 1 is 1.60 bits per heavy atom. The van der Waals surface area contributed by atoms with Gasteiger partial charge in [-0.25, -0.2) is 13.2 Å². The van der Waals surface area contributed by atoms with Gasteiger partial charge in [-0.3, -0.25) is 9.78 Å². The minimum atomic E-state index is -2.96. The number of nitrogens with zero attached hydrogens (tertiary/aromatic N) is 1. The third-order valence-electron chi connectivity index (χ3n) is 1.74. The lowest BCUT2D eigenvalue weighted by Crippen LogP contribution is -2.10. The zero-order valence-electron chi connectivity index (χ0n) is 7.38. The Morgan fingerprint density at radius 3 is 2.67 bits per heavy atom. The van der Waals surface area contributed by atoms with Crippen LogP contribution in [-0.4, -0.2) is 16.1 Å². The quantitative estimate of drug-likeness (QED) is 0.806. The van der Waals surface area contributed by atoms with Gasteiger partial charge in [-0.1, -0.05) is 0 Å². The third kappa shape index (κ3) is 2.36. The summed E-state index contributed by atoms with van der Waals surface area (Å²) >= 11 is 0. The number of pyridine rings is 1. The van der Waals surface area contributed by atoms with Crippen LogP contribution in [0.2, 0.25) is 0 Å². The largest absolute Gasteiger partial charge is 0.481 e. The van der Waals surface area contributed by atoms with E-state index >= 15 is 0 Å². The van der Waals surface area contributed by atoms with E-state index < -0.39 is 41.6 Å². The number of aliphatic carboxylic acids is 1. The zero-order valence-corrected chi connectivity index (χ0v) is 7.38. The van der Waals surface area contributed by atoms with Crippen LogP contribution in [0.15, 0.2) is 6.20 Å². The summed E-state index contributed by atoms with van der Waals surface area (Å²) in [5, 5.41) is 8.42. The number of nitrogen functional groups attached to an aromatic ring is 1. The Morgan fingerprint density at radius 2 is 2.20 bits per heavy atom. The summed E-state index contributed by atoms with van der Waals surface area (Å²) in [7, 11) is 0. The van der Waals surface area contributed by atoms with Crippen molar-refractivity contribution in [2.45, 2.75) is 12.8 Å². The van der Waals surface area contributed by atoms with Gasteiger partial charge >= 0.3 is 5.97 Å². The van der Waals surface area contributed by atoms with E-state index in [1.807, 2.05) is 0 Å². The van der Waals surface area contributed by atoms with Crippen molar-refractivity contribution < 1.29 is 23.1 Å². The Balaban J connectivity index is 3.23. The maximum Gasteiger partial charge on any atom is 0.308 e. The monoisotopic (exact) mass is 220 g/mol. The predicted octanol–water partition coefficient (Wildman–Crippen LogP) is 1.37. The number of nitrogens with two attached hydrogens (primary N) is 1. The molecule has 0 aromatic carbocycles. The van der Waals surface area contributed by atoms with E-state index in [1.54, 1.807) is 0 Å². The normalized spacial score (nSPS) is 10.7. The second-order valence-electron chi connectivity index (χ2n) is 2.75. The number of carbonyl (C=O) groups is 1. The molecule has 3 N–H and O–H groups in total. The summed E-state index contributed by atoms with van der Waals surface area (Å²) in [6.07, 6.45) is -3.17. The fourth-order valence-corrected chi connectivity index (χ4v) is 1.06. The minimum absolute atomic E-state index is 0.465. The number of anilines is 1. The van der Waals surface area contributed by atoms with E-state index in [0.29, 0.717) is 6.20 Å². The first-order valence-corrected chi connectivity index (χ1v) is 3.86. The number of aromatic nitrogens is 1. The van der Waals surface area contributed by atoms with Crippen LogP contribution in [0.5, 0.6) is 0 Å². The molecule has 0 amide bonds. The van der Waals surface area contributed by atoms with E-state index in [4.69, 9.17) is 10.8 Å². The molecule has 0 bridgehead atoms. The molecule has 1 aromatic heterocycles. The molecule has 1 aromatic rings. The molecule has 15 heavy (non-hydrogen) atoms. The Kier molecular flexibility index (Phi) is 3.13. The van der Waals surface area contributed by atoms with Crippen molar-refractivity contribution in [2.75, 3.05) is 5.73 Å². The predicted molar refractivity (Wildman–Crippen MR) is 44.9 cm³/mol. The SMILES string of the molecule is Nc1c(C(F)F)ncc(F)c1CC(=O)O. The number of rotatable bonds is 3. The average molecular weight is 220 g/mol. The average Bonchev–Trinajstić information content (AvgIpc) is 2.11. The lowest BCUT2D eigenvalue weighted by molar-refractivity contribution is -0.136. The number of hydrogen-bond donors (Lipinski definition) is 2. The molecule has 4 nitrogen and oxygen atoms in total. The van der Waals surface area contributed by atoms with Crippen molar-refractivity contribution in [3.63, 3.8) is 0 Å². The van der Waals surface area contributed by atoms with Crippen LogP contribution in [0.3, 0.4) is 0 Å². The van der Waals surface area contributed by atoms with Gasteiger partial charge in [0.1, 0.15) is 11.5 Å². The first-order chi connectivity index (χ1) is 6.93. The second-order valence-corrected chi connectivity index (χ2v) is 2.75. The van der Waals surface area contributed by atoms with Crippen LogP contribution in [0, 0.1) is 5.82 Å². The van der Waals surface area contributed by atoms with E-state index in [9.17, 15) is 18.0 Å². The molecule has 0 atom stereocenters. The van der Waals surface area contributed by atoms with Gasteiger partial charge in [0.15, 0.2) is 0 Å². The summed E-state index contributed by atoms with van der Waals surface area (Å²) < 4.78 is 37.5. The highest BCUT2D eigenvalue weighted by molar-refractivity contribution is 5.73. The molecule has 0 radical (unpaired) electrons. The highest BCUT2D eigenvalue weighted by Gasteiger charge is 2.20. The van der Waals surface area contributed by atoms with Gasteiger partial charge in [0, 0.05) is 5.56 Å². The van der Waals surface area contributed by atoms with E-state index in [2.05, 4.69) is 4.98 Å². The van der Waals surface area contributed by atoms with E-state index in [1.165, 1.54) is 0 Å². The van der Waals surface area contributed by atoms with Gasteiger partial charge in [0.25, 0.3) is 6.43 Å². The van der Waals surface area contributed by atoms with Crippen LogP contribution in [-0.2, 0) is 11.2 Å². The van der Waals surface area contributed by atoms with Gasteiger partial charge in [0.2, 0.25) is 0 Å². The van der Waals surface area contributed by atoms with Crippen molar-refractivity contribution in [1.29, 1.82) is 0 Å². The zero-order chi connectivity index (χ0) is 11.6. The van der Waals surface area contributed by atoms with Gasteiger partial charge in [-0.05, 0) is 0 Å². The maximum atomic E-state index is 13.0. The topological polar surface area (TPSA) is 76.2 Å². The van der Waals surface area contributed by atoms with Crippen LogP contribution >= 0.6 is 0 Å². The molecule has 7 heteroatoms. The molecule has 0 aliphatic carbocycles. The van der Waals surface area contributed by atoms with E-state index in [0.717, 1.165) is 0 Å². The lowest BCUT2D eigenvalue weighted by atomic mass is 10.1. The Bertz CT molecular complexity index is 396. The molecule has 0 spiro atoms. The van der Waals surface area contributed by atoms with Crippen molar-refractivity contribution in [3.8, 4) is 0 Å². The van der Waals surface area contributed by atoms with Crippen molar-refractivity contribution in [3.05, 3.63) is 23.3 Å². The summed E-state index contributed by atoms with van der Waals surface area (Å²) in [6, 6.07) is 0. The molecular weight excluding hydrogens is 213 g/mol. The molecular formula is C8H7F3N2O2. The Labute approximate surface area is 82.5 Å². The molecule has 0 saturated heterocycles. The Hall–Kier alpha value is -1.79. The standard InChI is InChI=1S/C8H7F3N2O2/c9-4-2-13-7(8(10)11)6(12)3(4)1-5(14)15/h2,8H,1,12H2,(H,14,15). The van der Waals surface area contributed by atoms with Crippen LogP contribution in [0.25, 0.3) is 0 Å². The third-order valence-corrected chi connectivity index (χ3v) is 1.74. The summed E-state index contributed by atoms with van der Waals surface area (Å²) in [5.74, 6) is -2.36. The molecule has 1 heterocycles. The van der Waals surface area contributed by atoms with Crippen molar-refractivity contribution in [1.82, 2.24) is 4.98 Å². The summed E-state index contributed by atoms with van der Waals surface area (Å²) in [5.41, 5.74) is 3.32. The highest BCUT2D eigenvalue weighted by Crippen LogP contribution is 2.27. The van der Waals surface area contributed by atoms with Gasteiger partial charge in [-0.15, -0.1) is 0 Å². The molecule has 0 fully saturated rings. The lowest BCUT2D eigenvalue weighted by Gasteiger charge is -2.08. The van der Waals surface area contributed by atoms with Gasteiger partial charge in [0.05, 0.1) is 18.3 Å². The van der Waals surface area contributed by atoms with E-state index in [-0.39, 0.29) is 0 Å². The van der Waals surface area contributed by atoms with Gasteiger partial charge in [-0.2, -0.15) is 0 Å². The number of carboxylic acid groups (broad SMARTS) is 1. The molecule has 0 aliphatic heterocycles. The number of hydrogen-bond acceptors (Lipinski definition) is 3. The number of carboxylic acids is 1. The maximum absolute atomic E-state index is 13.0. The first-order valence-electron chi connectivity index (χ1n) is 3.86. The number of halogens is 3. The summed E-state index contributed by atoms with van der Waals surface area (Å²) in [6.45, 7) is 0. The fraction of sp³-hybridized carbons (Fsp3) is 0.250. The molecule has 0 aliphatic rings. The smallest absolute Gasteiger partial charge is 0.308 e. The van der Waals surface area contributed by atoms with Crippen molar-refractivity contribution >= 4 is 11.7 Å². The first kappa shape index (κ1) is 11.3. The van der Waals surface area contributed by atoms with Crippen molar-refractivity contribution in [2.24, 2.45) is 0 Å². The second kappa shape index (κ2) is 4.16. The fourth-order valence-electron chi connectivity index (χ4n) is 1.06. The summed E-state index contributed by atoms with van der Waals surface area (Å²) in [4.78, 5) is 13.4. The minimum Gasteiger partial charge on any atom is -0.481 e.